The summed E-state index contributed by atoms with van der Waals surface area (Å²) < 4.78 is 0. The largest absolute Gasteiger partial charge is 0.480 e. The van der Waals surface area contributed by atoms with Gasteiger partial charge in [-0.25, -0.2) is 9.80 Å². The highest BCUT2D eigenvalue weighted by molar-refractivity contribution is 6.02. The first-order valence-electron chi connectivity index (χ1n) is 16.1. The molecule has 0 aromatic rings. The zero-order chi connectivity index (χ0) is 38.3. The predicted octanol–water partition coefficient (Wildman–Crippen LogP) is -4.37. The first-order valence-corrected chi connectivity index (χ1v) is 16.1. The molecule has 1 aliphatic rings. The quantitative estimate of drug-likeness (QED) is 0.0565. The highest BCUT2D eigenvalue weighted by Crippen LogP contribution is 2.17. The normalized spacial score (nSPS) is 18.0. The molecule has 1 rings (SSSR count). The standard InChI is InChI=1S/C30H51N9O11/c1-6-9-18(24(44)37-21(15(3)7-2)26(46)36-19(12-40)28(48)49)35-25(45)20-10-8-11-33-39(20)27(47)22(16(4)31)38-23(43)17(5)34-29(50)30(32,13-41)14-42/h11,16-20,22,40-42H,6-10,12-14,31-32H2,1-5H3,(H,34,50)(H,35,45)(H,36,46)(H,37,44)(H,38,43)(H,48,49)/b21-15+/t16-,17-,18-,19-,20-,22-/m0/s1. The maximum atomic E-state index is 13.7. The third kappa shape index (κ3) is 11.8. The van der Waals surface area contributed by atoms with E-state index in [-0.39, 0.29) is 25.0 Å². The third-order valence-electron chi connectivity index (χ3n) is 7.87. The van der Waals surface area contributed by atoms with Crippen molar-refractivity contribution in [3.8, 4) is 0 Å². The number of hydrogen-bond donors (Lipinski definition) is 11. The molecule has 20 nitrogen and oxygen atoms in total. The van der Waals surface area contributed by atoms with Crippen molar-refractivity contribution < 1.29 is 54.0 Å². The minimum Gasteiger partial charge on any atom is -0.480 e. The van der Waals surface area contributed by atoms with Gasteiger partial charge in [-0.1, -0.05) is 20.3 Å². The molecule has 20 heteroatoms. The Bertz CT molecular complexity index is 1320. The number of hydrogen-bond acceptors (Lipinski definition) is 13. The van der Waals surface area contributed by atoms with Gasteiger partial charge in [0.05, 0.1) is 19.8 Å². The minimum atomic E-state index is -2.07. The van der Waals surface area contributed by atoms with E-state index in [0.717, 1.165) is 5.01 Å². The Hall–Kier alpha value is -4.50. The van der Waals surface area contributed by atoms with E-state index < -0.39 is 103 Å². The van der Waals surface area contributed by atoms with Gasteiger partial charge in [0, 0.05) is 12.3 Å². The van der Waals surface area contributed by atoms with Gasteiger partial charge < -0.3 is 58.5 Å². The van der Waals surface area contributed by atoms with Crippen LogP contribution in [0.25, 0.3) is 0 Å². The lowest BCUT2D eigenvalue weighted by Gasteiger charge is -2.34. The smallest absolute Gasteiger partial charge is 0.328 e. The van der Waals surface area contributed by atoms with Crippen molar-refractivity contribution in [1.29, 1.82) is 0 Å². The molecular formula is C30H51N9O11. The number of allylic oxidation sites excluding steroid dienone is 1. The highest BCUT2D eigenvalue weighted by Gasteiger charge is 2.40. The summed E-state index contributed by atoms with van der Waals surface area (Å²) in [5, 5.41) is 54.0. The fourth-order valence-electron chi connectivity index (χ4n) is 4.46. The van der Waals surface area contributed by atoms with Crippen LogP contribution in [0.3, 0.4) is 0 Å². The van der Waals surface area contributed by atoms with Crippen LogP contribution in [-0.4, -0.2) is 135 Å². The fraction of sp³-hybridized carbons (Fsp3) is 0.667. The summed E-state index contributed by atoms with van der Waals surface area (Å²) in [6, 6.07) is -7.87. The summed E-state index contributed by atoms with van der Waals surface area (Å²) in [5.74, 6) is -6.81. The minimum absolute atomic E-state index is 0.0781. The molecule has 6 atom stereocenters. The Balaban J connectivity index is 3.20. The van der Waals surface area contributed by atoms with E-state index in [4.69, 9.17) is 11.5 Å². The maximum absolute atomic E-state index is 13.7. The summed E-state index contributed by atoms with van der Waals surface area (Å²) in [4.78, 5) is 90.3. The Labute approximate surface area is 289 Å². The lowest BCUT2D eigenvalue weighted by molar-refractivity contribution is -0.145. The molecule has 0 saturated heterocycles. The van der Waals surface area contributed by atoms with E-state index in [1.54, 1.807) is 20.8 Å². The highest BCUT2D eigenvalue weighted by atomic mass is 16.4. The van der Waals surface area contributed by atoms with Gasteiger partial charge in [-0.3, -0.25) is 28.8 Å². The van der Waals surface area contributed by atoms with Crippen LogP contribution in [0.5, 0.6) is 0 Å². The zero-order valence-electron chi connectivity index (χ0n) is 28.9. The summed E-state index contributed by atoms with van der Waals surface area (Å²) in [5.41, 5.74) is 9.73. The van der Waals surface area contributed by atoms with Gasteiger partial charge in [0.25, 0.3) is 11.8 Å². The molecule has 0 bridgehead atoms. The molecule has 0 saturated carbocycles. The van der Waals surface area contributed by atoms with Crippen LogP contribution in [0.4, 0.5) is 0 Å². The molecule has 282 valence electrons. The second kappa shape index (κ2) is 20.2. The fourth-order valence-corrected chi connectivity index (χ4v) is 4.46. The Morgan fingerprint density at radius 2 is 1.58 bits per heavy atom. The van der Waals surface area contributed by atoms with E-state index >= 15 is 0 Å². The first-order chi connectivity index (χ1) is 23.4. The summed E-state index contributed by atoms with van der Waals surface area (Å²) in [6.45, 7) is 4.95. The molecule has 1 aliphatic heterocycles. The molecule has 0 radical (unpaired) electrons. The summed E-state index contributed by atoms with van der Waals surface area (Å²) >= 11 is 0. The molecule has 0 aromatic heterocycles. The zero-order valence-corrected chi connectivity index (χ0v) is 28.9. The monoisotopic (exact) mass is 713 g/mol. The number of aliphatic carboxylic acids is 1. The van der Waals surface area contributed by atoms with Crippen molar-refractivity contribution >= 4 is 47.6 Å². The molecule has 6 amide bonds. The second-order valence-electron chi connectivity index (χ2n) is 12.0. The molecule has 50 heavy (non-hydrogen) atoms. The second-order valence-corrected chi connectivity index (χ2v) is 12.0. The number of aliphatic hydroxyl groups is 3. The van der Waals surface area contributed by atoms with Crippen molar-refractivity contribution in [2.45, 2.75) is 109 Å². The molecule has 0 aromatic carbocycles. The van der Waals surface area contributed by atoms with Crippen LogP contribution >= 0.6 is 0 Å². The molecular weight excluding hydrogens is 662 g/mol. The number of carboxylic acid groups (broad SMARTS) is 1. The average Bonchev–Trinajstić information content (AvgIpc) is 3.09. The number of rotatable bonds is 19. The van der Waals surface area contributed by atoms with Gasteiger partial charge in [0.1, 0.15) is 35.4 Å². The van der Waals surface area contributed by atoms with Crippen molar-refractivity contribution in [3.63, 3.8) is 0 Å². The van der Waals surface area contributed by atoms with Crippen LogP contribution in [0, 0.1) is 0 Å². The van der Waals surface area contributed by atoms with Crippen LogP contribution in [0.15, 0.2) is 16.4 Å². The SMILES string of the molecule is CCC[C@H](NC(=O)[C@@H]1CCC=NN1C(=O)[C@@H](NC(=O)[C@H](C)NC(=O)C(N)(CO)CO)[C@H](C)N)C(=O)N/C(C(=O)N[C@@H](CO)C(=O)O)=C(\C)CC. The predicted molar refractivity (Wildman–Crippen MR) is 177 cm³/mol. The first kappa shape index (κ1) is 43.5. The molecule has 1 heterocycles. The summed E-state index contributed by atoms with van der Waals surface area (Å²) in [7, 11) is 0. The van der Waals surface area contributed by atoms with Gasteiger partial charge in [0.2, 0.25) is 23.6 Å². The van der Waals surface area contributed by atoms with Gasteiger partial charge in [0.15, 0.2) is 6.04 Å². The van der Waals surface area contributed by atoms with E-state index in [2.05, 4.69) is 31.7 Å². The molecule has 0 fully saturated rings. The van der Waals surface area contributed by atoms with E-state index in [1.807, 2.05) is 0 Å². The number of aliphatic hydroxyl groups excluding tert-OH is 3. The van der Waals surface area contributed by atoms with Crippen LogP contribution in [-0.2, 0) is 33.6 Å². The van der Waals surface area contributed by atoms with Crippen LogP contribution in [0.2, 0.25) is 0 Å². The Morgan fingerprint density at radius 3 is 2.08 bits per heavy atom. The number of nitrogens with zero attached hydrogens (tertiary/aromatic N) is 2. The van der Waals surface area contributed by atoms with E-state index in [1.165, 1.54) is 20.1 Å². The number of carboxylic acids is 1. The van der Waals surface area contributed by atoms with Gasteiger partial charge >= 0.3 is 5.97 Å². The van der Waals surface area contributed by atoms with Crippen molar-refractivity contribution in [2.24, 2.45) is 16.6 Å². The molecule has 0 spiro atoms. The van der Waals surface area contributed by atoms with Crippen molar-refractivity contribution in [1.82, 2.24) is 31.6 Å². The topological polar surface area (TPSA) is 328 Å². The number of nitrogens with two attached hydrogens (primary N) is 2. The van der Waals surface area contributed by atoms with E-state index in [9.17, 15) is 54.0 Å². The van der Waals surface area contributed by atoms with Gasteiger partial charge in [-0.05, 0) is 52.0 Å². The lowest BCUT2D eigenvalue weighted by atomic mass is 10.0. The number of hydrazone groups is 1. The molecule has 0 aliphatic carbocycles. The van der Waals surface area contributed by atoms with Gasteiger partial charge in [-0.2, -0.15) is 5.10 Å². The van der Waals surface area contributed by atoms with Crippen LogP contribution < -0.4 is 38.1 Å². The number of nitrogens with one attached hydrogen (secondary N) is 5. The third-order valence-corrected chi connectivity index (χ3v) is 7.87. The molecule has 0 unspecified atom stereocenters. The Morgan fingerprint density at radius 1 is 0.960 bits per heavy atom. The molecule has 13 N–H and O–H groups in total. The average molecular weight is 714 g/mol. The summed E-state index contributed by atoms with van der Waals surface area (Å²) in [6.07, 6.45) is 2.54. The van der Waals surface area contributed by atoms with Gasteiger partial charge in [-0.15, -0.1) is 0 Å². The lowest BCUT2D eigenvalue weighted by Crippen LogP contribution is -2.64. The number of carbonyl (C=O) groups is 7. The van der Waals surface area contributed by atoms with Crippen molar-refractivity contribution in [3.05, 3.63) is 11.3 Å². The Kier molecular flexibility index (Phi) is 17.6. The maximum Gasteiger partial charge on any atom is 0.328 e. The number of amides is 6. The van der Waals surface area contributed by atoms with E-state index in [0.29, 0.717) is 18.4 Å². The van der Waals surface area contributed by atoms with Crippen molar-refractivity contribution in [2.75, 3.05) is 19.8 Å². The van der Waals surface area contributed by atoms with Crippen LogP contribution in [0.1, 0.15) is 66.7 Å². The number of carbonyl (C=O) groups excluding carboxylic acids is 6.